The zero-order chi connectivity index (χ0) is 17.5. The van der Waals surface area contributed by atoms with Gasteiger partial charge in [-0.05, 0) is 58.9 Å². The van der Waals surface area contributed by atoms with Crippen LogP contribution in [-0.2, 0) is 4.74 Å². The highest BCUT2D eigenvalue weighted by molar-refractivity contribution is 8.00. The Morgan fingerprint density at radius 1 is 1.17 bits per heavy atom. The molecule has 0 aromatic heterocycles. The molecular weight excluding hydrogens is 320 g/mol. The number of hydrogen-bond donors (Lipinski definition) is 2. The predicted octanol–water partition coefficient (Wildman–Crippen LogP) is 2.33. The van der Waals surface area contributed by atoms with Crippen molar-refractivity contribution in [2.75, 3.05) is 52.7 Å². The fourth-order valence-electron chi connectivity index (χ4n) is 3.57. The molecule has 0 unspecified atom stereocenters. The Balaban J connectivity index is 1.81. The largest absolute Gasteiger partial charge is 0.381 e. The lowest BCUT2D eigenvalue weighted by Gasteiger charge is -2.41. The van der Waals surface area contributed by atoms with Crippen LogP contribution in [0.3, 0.4) is 0 Å². The second kappa shape index (κ2) is 9.30. The van der Waals surface area contributed by atoms with E-state index in [-0.39, 0.29) is 10.3 Å². The van der Waals surface area contributed by atoms with Gasteiger partial charge in [-0.1, -0.05) is 6.42 Å². The molecule has 24 heavy (non-hydrogen) atoms. The van der Waals surface area contributed by atoms with Gasteiger partial charge in [0.2, 0.25) is 0 Å². The van der Waals surface area contributed by atoms with Crippen LogP contribution >= 0.6 is 11.8 Å². The average Bonchev–Trinajstić information content (AvgIpc) is 2.63. The van der Waals surface area contributed by atoms with E-state index >= 15 is 0 Å². The normalized spacial score (nSPS) is 23.1. The van der Waals surface area contributed by atoms with Gasteiger partial charge in [-0.2, -0.15) is 11.8 Å². The molecule has 2 N–H and O–H groups in total. The lowest BCUT2D eigenvalue weighted by Crippen LogP contribution is -2.56. The Bertz CT molecular complexity index is 402. The van der Waals surface area contributed by atoms with E-state index in [4.69, 9.17) is 4.74 Å². The summed E-state index contributed by atoms with van der Waals surface area (Å²) >= 11 is 1.96. The number of nitrogens with one attached hydrogen (secondary N) is 2. The third kappa shape index (κ3) is 5.53. The average molecular weight is 357 g/mol. The van der Waals surface area contributed by atoms with E-state index in [2.05, 4.69) is 40.6 Å². The first-order valence-electron chi connectivity index (χ1n) is 9.34. The summed E-state index contributed by atoms with van der Waals surface area (Å²) < 4.78 is 5.80. The number of rotatable bonds is 6. The van der Waals surface area contributed by atoms with Crippen molar-refractivity contribution in [3.05, 3.63) is 0 Å². The third-order valence-electron chi connectivity index (χ3n) is 5.54. The molecule has 6 heteroatoms. The molecule has 2 fully saturated rings. The van der Waals surface area contributed by atoms with Crippen molar-refractivity contribution in [3.63, 3.8) is 0 Å². The molecule has 2 saturated heterocycles. The number of nitrogens with zero attached hydrogens (tertiary/aromatic N) is 2. The van der Waals surface area contributed by atoms with Gasteiger partial charge in [-0.15, -0.1) is 0 Å². The van der Waals surface area contributed by atoms with Crippen LogP contribution in [0.25, 0.3) is 0 Å². The quantitative estimate of drug-likeness (QED) is 0.565. The first kappa shape index (κ1) is 19.9. The topological polar surface area (TPSA) is 48.9 Å². The van der Waals surface area contributed by atoms with E-state index in [9.17, 15) is 0 Å². The number of aliphatic imine (C=N–C) groups is 1. The maximum atomic E-state index is 5.53. The maximum absolute atomic E-state index is 5.53. The molecule has 2 rings (SSSR count). The molecule has 140 valence electrons. The lowest BCUT2D eigenvalue weighted by molar-refractivity contribution is 0.0782. The molecular formula is C18H36N4OS. The Labute approximate surface area is 152 Å². The standard InChI is InChI=1S/C18H36N4OS/c1-17(2,22-10-6-5-7-11-22)14-20-16(19-3)21-15-18(24-4)8-12-23-13-9-18/h5-15H2,1-4H3,(H2,19,20,21). The van der Waals surface area contributed by atoms with Gasteiger partial charge in [0, 0.05) is 43.6 Å². The van der Waals surface area contributed by atoms with E-state index in [1.807, 2.05) is 18.8 Å². The summed E-state index contributed by atoms with van der Waals surface area (Å²) in [5.41, 5.74) is 0.161. The molecule has 0 amide bonds. The van der Waals surface area contributed by atoms with Crippen LogP contribution in [0.1, 0.15) is 46.0 Å². The highest BCUT2D eigenvalue weighted by Crippen LogP contribution is 2.32. The van der Waals surface area contributed by atoms with Gasteiger partial charge in [0.15, 0.2) is 5.96 Å². The third-order valence-corrected chi connectivity index (χ3v) is 6.96. The van der Waals surface area contributed by atoms with Gasteiger partial charge in [0.25, 0.3) is 0 Å². The molecule has 0 aromatic carbocycles. The van der Waals surface area contributed by atoms with Crippen molar-refractivity contribution in [2.24, 2.45) is 4.99 Å². The molecule has 2 aliphatic heterocycles. The smallest absolute Gasteiger partial charge is 0.191 e. The number of hydrogen-bond acceptors (Lipinski definition) is 4. The fourth-order valence-corrected chi connectivity index (χ4v) is 4.36. The van der Waals surface area contributed by atoms with Gasteiger partial charge in [0.1, 0.15) is 0 Å². The maximum Gasteiger partial charge on any atom is 0.191 e. The predicted molar refractivity (Wildman–Crippen MR) is 105 cm³/mol. The molecule has 0 bridgehead atoms. The van der Waals surface area contributed by atoms with Crippen LogP contribution in [0.5, 0.6) is 0 Å². The molecule has 0 atom stereocenters. The Kier molecular flexibility index (Phi) is 7.69. The summed E-state index contributed by atoms with van der Waals surface area (Å²) in [6.45, 7) is 10.7. The van der Waals surface area contributed by atoms with Crippen LogP contribution in [0.4, 0.5) is 0 Å². The number of ether oxygens (including phenoxy) is 1. The molecule has 0 saturated carbocycles. The summed E-state index contributed by atoms with van der Waals surface area (Å²) in [4.78, 5) is 7.03. The number of guanidine groups is 1. The van der Waals surface area contributed by atoms with Gasteiger partial charge in [-0.3, -0.25) is 9.89 Å². The van der Waals surface area contributed by atoms with Crippen molar-refractivity contribution < 1.29 is 4.74 Å². The van der Waals surface area contributed by atoms with Crippen LogP contribution in [-0.4, -0.2) is 73.8 Å². The number of likely N-dealkylation sites (tertiary alicyclic amines) is 1. The van der Waals surface area contributed by atoms with E-state index in [0.29, 0.717) is 0 Å². The SMILES string of the molecule is CN=C(NCC1(SC)CCOCC1)NCC(C)(C)N1CCCCC1. The Morgan fingerprint density at radius 3 is 2.42 bits per heavy atom. The molecule has 0 spiro atoms. The highest BCUT2D eigenvalue weighted by Gasteiger charge is 2.32. The summed E-state index contributed by atoms with van der Waals surface area (Å²) in [6.07, 6.45) is 8.46. The second-order valence-corrected chi connectivity index (χ2v) is 8.91. The van der Waals surface area contributed by atoms with Gasteiger partial charge in [-0.25, -0.2) is 0 Å². The molecule has 5 nitrogen and oxygen atoms in total. The summed E-state index contributed by atoms with van der Waals surface area (Å²) in [6, 6.07) is 0. The molecule has 0 radical (unpaired) electrons. The molecule has 2 heterocycles. The lowest BCUT2D eigenvalue weighted by atomic mass is 9.98. The molecule has 2 aliphatic rings. The minimum atomic E-state index is 0.161. The van der Waals surface area contributed by atoms with Gasteiger partial charge >= 0.3 is 0 Å². The Hall–Kier alpha value is -0.460. The first-order valence-corrected chi connectivity index (χ1v) is 10.6. The zero-order valence-electron chi connectivity index (χ0n) is 16.0. The monoisotopic (exact) mass is 356 g/mol. The summed E-state index contributed by atoms with van der Waals surface area (Å²) in [7, 11) is 1.86. The van der Waals surface area contributed by atoms with Crippen molar-refractivity contribution >= 4 is 17.7 Å². The van der Waals surface area contributed by atoms with Crippen LogP contribution < -0.4 is 10.6 Å². The number of thioether (sulfide) groups is 1. The highest BCUT2D eigenvalue weighted by atomic mass is 32.2. The number of piperidine rings is 1. The van der Waals surface area contributed by atoms with E-state index < -0.39 is 0 Å². The van der Waals surface area contributed by atoms with Crippen molar-refractivity contribution in [3.8, 4) is 0 Å². The first-order chi connectivity index (χ1) is 11.5. The van der Waals surface area contributed by atoms with E-state index in [1.54, 1.807) is 0 Å². The van der Waals surface area contributed by atoms with Crippen molar-refractivity contribution in [1.29, 1.82) is 0 Å². The van der Waals surface area contributed by atoms with Gasteiger partial charge in [0.05, 0.1) is 0 Å². The van der Waals surface area contributed by atoms with Crippen LogP contribution in [0.15, 0.2) is 4.99 Å². The Morgan fingerprint density at radius 2 is 1.83 bits per heavy atom. The van der Waals surface area contributed by atoms with Crippen molar-refractivity contribution in [1.82, 2.24) is 15.5 Å². The van der Waals surface area contributed by atoms with Gasteiger partial charge < -0.3 is 15.4 Å². The summed E-state index contributed by atoms with van der Waals surface area (Å²) in [5, 5.41) is 7.09. The molecule has 0 aliphatic carbocycles. The molecule has 0 aromatic rings. The second-order valence-electron chi connectivity index (χ2n) is 7.64. The van der Waals surface area contributed by atoms with E-state index in [1.165, 1.54) is 32.4 Å². The fraction of sp³-hybridized carbons (Fsp3) is 0.944. The summed E-state index contributed by atoms with van der Waals surface area (Å²) in [5.74, 6) is 0.917. The zero-order valence-corrected chi connectivity index (χ0v) is 16.8. The van der Waals surface area contributed by atoms with Crippen molar-refractivity contribution in [2.45, 2.75) is 56.2 Å². The minimum absolute atomic E-state index is 0.161. The van der Waals surface area contributed by atoms with Crippen LogP contribution in [0.2, 0.25) is 0 Å². The van der Waals surface area contributed by atoms with E-state index in [0.717, 1.165) is 45.1 Å². The van der Waals surface area contributed by atoms with Crippen LogP contribution in [0, 0.1) is 0 Å². The minimum Gasteiger partial charge on any atom is -0.381 e.